The van der Waals surface area contributed by atoms with Crippen LogP contribution in [0.4, 0.5) is 5.69 Å². The minimum atomic E-state index is -3.92. The van der Waals surface area contributed by atoms with Crippen molar-refractivity contribution in [3.8, 4) is 11.5 Å². The molecule has 0 aliphatic rings. The standard InChI is InChI=1S/C20H26N2O5S/c1-5-14(2)22-18(23)13-21-16-11-12-17(26-3)19(27-4)20(16)28(24,25)15-9-7-6-8-10-15/h6-12,14,21H,5,13H2,1-4H3,(H,22,23). The summed E-state index contributed by atoms with van der Waals surface area (Å²) >= 11 is 0. The highest BCUT2D eigenvalue weighted by Crippen LogP contribution is 2.41. The van der Waals surface area contributed by atoms with Crippen LogP contribution >= 0.6 is 0 Å². The fourth-order valence-electron chi connectivity index (χ4n) is 2.63. The van der Waals surface area contributed by atoms with E-state index in [1.54, 1.807) is 30.3 Å². The first kappa shape index (κ1) is 21.6. The smallest absolute Gasteiger partial charge is 0.239 e. The first-order valence-corrected chi connectivity index (χ1v) is 10.4. The number of carbonyl (C=O) groups excluding carboxylic acids is 1. The van der Waals surface area contributed by atoms with Crippen molar-refractivity contribution in [2.24, 2.45) is 0 Å². The molecule has 0 heterocycles. The van der Waals surface area contributed by atoms with Gasteiger partial charge in [0.1, 0.15) is 4.90 Å². The van der Waals surface area contributed by atoms with Crippen molar-refractivity contribution < 1.29 is 22.7 Å². The molecule has 0 bridgehead atoms. The summed E-state index contributed by atoms with van der Waals surface area (Å²) < 4.78 is 37.2. The van der Waals surface area contributed by atoms with E-state index in [1.165, 1.54) is 26.4 Å². The molecule has 0 saturated carbocycles. The quantitative estimate of drug-likeness (QED) is 0.665. The second kappa shape index (κ2) is 9.45. The second-order valence-corrected chi connectivity index (χ2v) is 8.11. The van der Waals surface area contributed by atoms with Gasteiger partial charge in [0.2, 0.25) is 15.7 Å². The van der Waals surface area contributed by atoms with Gasteiger partial charge < -0.3 is 20.1 Å². The van der Waals surface area contributed by atoms with Crippen LogP contribution in [0, 0.1) is 0 Å². The Morgan fingerprint density at radius 2 is 1.75 bits per heavy atom. The van der Waals surface area contributed by atoms with Crippen molar-refractivity contribution in [1.82, 2.24) is 5.32 Å². The Bertz CT molecular complexity index is 914. The molecule has 0 saturated heterocycles. The van der Waals surface area contributed by atoms with Gasteiger partial charge in [-0.1, -0.05) is 25.1 Å². The van der Waals surface area contributed by atoms with Crippen LogP contribution in [-0.2, 0) is 14.6 Å². The van der Waals surface area contributed by atoms with Crippen molar-refractivity contribution in [3.63, 3.8) is 0 Å². The van der Waals surface area contributed by atoms with Crippen LogP contribution in [0.15, 0.2) is 52.3 Å². The summed E-state index contributed by atoms with van der Waals surface area (Å²) in [6.07, 6.45) is 0.801. The third kappa shape index (κ3) is 4.75. The van der Waals surface area contributed by atoms with Crippen LogP contribution < -0.4 is 20.1 Å². The van der Waals surface area contributed by atoms with E-state index in [-0.39, 0.29) is 45.5 Å². The third-order valence-electron chi connectivity index (χ3n) is 4.28. The molecule has 0 fully saturated rings. The fourth-order valence-corrected chi connectivity index (χ4v) is 4.23. The van der Waals surface area contributed by atoms with E-state index in [0.717, 1.165) is 6.42 Å². The first-order valence-electron chi connectivity index (χ1n) is 8.93. The van der Waals surface area contributed by atoms with Crippen molar-refractivity contribution in [1.29, 1.82) is 0 Å². The highest BCUT2D eigenvalue weighted by Gasteiger charge is 2.29. The number of hydrogen-bond acceptors (Lipinski definition) is 6. The SMILES string of the molecule is CCC(C)NC(=O)CNc1ccc(OC)c(OC)c1S(=O)(=O)c1ccccc1. The average Bonchev–Trinajstić information content (AvgIpc) is 2.71. The van der Waals surface area contributed by atoms with Gasteiger partial charge >= 0.3 is 0 Å². The molecule has 8 heteroatoms. The van der Waals surface area contributed by atoms with Crippen molar-refractivity contribution >= 4 is 21.4 Å². The summed E-state index contributed by atoms with van der Waals surface area (Å²) in [4.78, 5) is 12.2. The normalized spacial score (nSPS) is 12.1. The molecule has 7 nitrogen and oxygen atoms in total. The zero-order valence-electron chi connectivity index (χ0n) is 16.5. The molecule has 0 aliphatic heterocycles. The molecule has 1 unspecified atom stereocenters. The number of hydrogen-bond donors (Lipinski definition) is 2. The van der Waals surface area contributed by atoms with E-state index < -0.39 is 9.84 Å². The Hall–Kier alpha value is -2.74. The van der Waals surface area contributed by atoms with Gasteiger partial charge in [-0.05, 0) is 37.6 Å². The topological polar surface area (TPSA) is 93.7 Å². The van der Waals surface area contributed by atoms with Gasteiger partial charge in [-0.2, -0.15) is 0 Å². The summed E-state index contributed by atoms with van der Waals surface area (Å²) in [6.45, 7) is 3.80. The average molecular weight is 407 g/mol. The summed E-state index contributed by atoms with van der Waals surface area (Å²) in [7, 11) is -1.11. The van der Waals surface area contributed by atoms with E-state index in [9.17, 15) is 13.2 Å². The maximum atomic E-state index is 13.3. The van der Waals surface area contributed by atoms with Gasteiger partial charge in [0.05, 0.1) is 31.3 Å². The summed E-state index contributed by atoms with van der Waals surface area (Å²) in [6, 6.07) is 11.2. The van der Waals surface area contributed by atoms with Gasteiger partial charge in [-0.3, -0.25) is 4.79 Å². The van der Waals surface area contributed by atoms with Crippen LogP contribution in [0.1, 0.15) is 20.3 Å². The predicted molar refractivity (Wildman–Crippen MR) is 108 cm³/mol. The fraction of sp³-hybridized carbons (Fsp3) is 0.350. The maximum Gasteiger partial charge on any atom is 0.239 e. The van der Waals surface area contributed by atoms with Crippen LogP contribution in [0.2, 0.25) is 0 Å². The minimum absolute atomic E-state index is 0.0345. The lowest BCUT2D eigenvalue weighted by Crippen LogP contribution is -2.36. The number of nitrogens with one attached hydrogen (secondary N) is 2. The van der Waals surface area contributed by atoms with Gasteiger partial charge in [-0.15, -0.1) is 0 Å². The summed E-state index contributed by atoms with van der Waals surface area (Å²) in [5.74, 6) is 0.137. The molecule has 28 heavy (non-hydrogen) atoms. The van der Waals surface area contributed by atoms with Gasteiger partial charge in [0.15, 0.2) is 11.5 Å². The van der Waals surface area contributed by atoms with Crippen LogP contribution in [0.3, 0.4) is 0 Å². The predicted octanol–water partition coefficient (Wildman–Crippen LogP) is 2.86. The molecule has 1 atom stereocenters. The van der Waals surface area contributed by atoms with Crippen LogP contribution in [-0.4, -0.2) is 41.1 Å². The lowest BCUT2D eigenvalue weighted by molar-refractivity contribution is -0.120. The Balaban J connectivity index is 2.48. The number of sulfone groups is 1. The number of benzene rings is 2. The van der Waals surface area contributed by atoms with Gasteiger partial charge in [-0.25, -0.2) is 8.42 Å². The van der Waals surface area contributed by atoms with E-state index in [0.29, 0.717) is 0 Å². The lowest BCUT2D eigenvalue weighted by atomic mass is 10.2. The number of rotatable bonds is 9. The van der Waals surface area contributed by atoms with E-state index >= 15 is 0 Å². The highest BCUT2D eigenvalue weighted by atomic mass is 32.2. The number of methoxy groups -OCH3 is 2. The Morgan fingerprint density at radius 1 is 1.07 bits per heavy atom. The molecule has 0 radical (unpaired) electrons. The zero-order chi connectivity index (χ0) is 20.7. The maximum absolute atomic E-state index is 13.3. The van der Waals surface area contributed by atoms with Crippen molar-refractivity contribution in [2.75, 3.05) is 26.1 Å². The summed E-state index contributed by atoms with van der Waals surface area (Å²) in [5, 5.41) is 5.75. The Kier molecular flexibility index (Phi) is 7.28. The third-order valence-corrected chi connectivity index (χ3v) is 6.12. The van der Waals surface area contributed by atoms with Crippen molar-refractivity contribution in [2.45, 2.75) is 36.1 Å². The minimum Gasteiger partial charge on any atom is -0.493 e. The molecule has 0 aromatic heterocycles. The Morgan fingerprint density at radius 3 is 2.32 bits per heavy atom. The lowest BCUT2D eigenvalue weighted by Gasteiger charge is -2.18. The molecule has 2 aromatic rings. The molecule has 0 aliphatic carbocycles. The molecule has 2 N–H and O–H groups in total. The molecular weight excluding hydrogens is 380 g/mol. The van der Waals surface area contributed by atoms with E-state index in [1.807, 2.05) is 13.8 Å². The van der Waals surface area contributed by atoms with E-state index in [4.69, 9.17) is 9.47 Å². The molecular formula is C20H26N2O5S. The molecule has 152 valence electrons. The second-order valence-electron chi connectivity index (χ2n) is 6.22. The Labute approximate surface area is 166 Å². The van der Waals surface area contributed by atoms with Crippen LogP contribution in [0.5, 0.6) is 11.5 Å². The van der Waals surface area contributed by atoms with Gasteiger partial charge in [0.25, 0.3) is 0 Å². The number of anilines is 1. The van der Waals surface area contributed by atoms with E-state index in [2.05, 4.69) is 10.6 Å². The zero-order valence-corrected chi connectivity index (χ0v) is 17.3. The van der Waals surface area contributed by atoms with Gasteiger partial charge in [0, 0.05) is 6.04 Å². The number of carbonyl (C=O) groups is 1. The molecule has 0 spiro atoms. The summed E-state index contributed by atoms with van der Waals surface area (Å²) in [5.41, 5.74) is 0.265. The first-order chi connectivity index (χ1) is 13.3. The highest BCUT2D eigenvalue weighted by molar-refractivity contribution is 7.91. The number of amides is 1. The van der Waals surface area contributed by atoms with Crippen LogP contribution in [0.25, 0.3) is 0 Å². The largest absolute Gasteiger partial charge is 0.493 e. The molecule has 2 aromatic carbocycles. The van der Waals surface area contributed by atoms with Crippen molar-refractivity contribution in [3.05, 3.63) is 42.5 Å². The molecule has 1 amide bonds. The molecule has 2 rings (SSSR count). The number of ether oxygens (including phenoxy) is 2. The monoisotopic (exact) mass is 406 g/mol.